The van der Waals surface area contributed by atoms with E-state index in [9.17, 15) is 0 Å². The molecule has 0 bridgehead atoms. The van der Waals surface area contributed by atoms with Crippen LogP contribution < -0.4 is 5.32 Å². The molecule has 12 heavy (non-hydrogen) atoms. The molecule has 1 heteroatoms. The van der Waals surface area contributed by atoms with Crippen LogP contribution in [0.5, 0.6) is 0 Å². The normalized spacial score (nSPS) is 20.2. The number of rotatable bonds is 2. The van der Waals surface area contributed by atoms with Crippen molar-refractivity contribution in [1.82, 2.24) is 0 Å². The molecular formula is C11H14N. The van der Waals surface area contributed by atoms with Crippen LogP contribution in [0.4, 0.5) is 5.69 Å². The van der Waals surface area contributed by atoms with Crippen LogP contribution in [0.25, 0.3) is 0 Å². The highest BCUT2D eigenvalue weighted by Crippen LogP contribution is 2.33. The summed E-state index contributed by atoms with van der Waals surface area (Å²) in [6.07, 6.45) is 2.23. The molecule has 1 aromatic rings. The Balaban J connectivity index is 2.24. The second-order valence-electron chi connectivity index (χ2n) is 3.31. The summed E-state index contributed by atoms with van der Waals surface area (Å²) >= 11 is 0. The molecule has 1 aliphatic rings. The van der Waals surface area contributed by atoms with Crippen molar-refractivity contribution < 1.29 is 0 Å². The molecule has 0 aliphatic carbocycles. The number of fused-ring (bicyclic) bond motifs is 1. The first-order valence-corrected chi connectivity index (χ1v) is 4.54. The van der Waals surface area contributed by atoms with Crippen LogP contribution in [0.15, 0.2) is 24.3 Å². The van der Waals surface area contributed by atoms with E-state index in [0.717, 1.165) is 13.0 Å². The third kappa shape index (κ3) is 1.20. The van der Waals surface area contributed by atoms with E-state index in [-0.39, 0.29) is 0 Å². The second kappa shape index (κ2) is 3.18. The molecule has 0 saturated carbocycles. The van der Waals surface area contributed by atoms with Gasteiger partial charge in [-0.3, -0.25) is 0 Å². The molecule has 1 heterocycles. The van der Waals surface area contributed by atoms with E-state index in [4.69, 9.17) is 0 Å². The zero-order chi connectivity index (χ0) is 8.39. The number of hydrogen-bond donors (Lipinski definition) is 1. The van der Waals surface area contributed by atoms with Gasteiger partial charge < -0.3 is 5.32 Å². The SMILES string of the molecule is [CH2]CCC1CNc2ccccc21. The van der Waals surface area contributed by atoms with Crippen LogP contribution in [0.2, 0.25) is 0 Å². The highest BCUT2D eigenvalue weighted by atomic mass is 14.9. The Morgan fingerprint density at radius 2 is 2.25 bits per heavy atom. The molecule has 1 aliphatic heterocycles. The van der Waals surface area contributed by atoms with Gasteiger partial charge in [0.2, 0.25) is 0 Å². The fourth-order valence-corrected chi connectivity index (χ4v) is 1.86. The first-order valence-electron chi connectivity index (χ1n) is 4.54. The molecule has 0 amide bonds. The van der Waals surface area contributed by atoms with E-state index in [2.05, 4.69) is 36.5 Å². The molecule has 0 aromatic heterocycles. The number of nitrogens with one attached hydrogen (secondary N) is 1. The molecule has 1 aromatic carbocycles. The summed E-state index contributed by atoms with van der Waals surface area (Å²) in [5, 5.41) is 3.41. The second-order valence-corrected chi connectivity index (χ2v) is 3.31. The summed E-state index contributed by atoms with van der Waals surface area (Å²) in [7, 11) is 0. The van der Waals surface area contributed by atoms with E-state index < -0.39 is 0 Å². The van der Waals surface area contributed by atoms with Crippen molar-refractivity contribution >= 4 is 5.69 Å². The average molecular weight is 160 g/mol. The molecule has 1 N–H and O–H groups in total. The molecule has 1 atom stereocenters. The van der Waals surface area contributed by atoms with Crippen molar-refractivity contribution in [3.05, 3.63) is 36.8 Å². The molecule has 1 unspecified atom stereocenters. The zero-order valence-electron chi connectivity index (χ0n) is 7.22. The van der Waals surface area contributed by atoms with E-state index >= 15 is 0 Å². The molecule has 2 rings (SSSR count). The van der Waals surface area contributed by atoms with Crippen molar-refractivity contribution in [3.63, 3.8) is 0 Å². The first kappa shape index (κ1) is 7.66. The smallest absolute Gasteiger partial charge is 0.0376 e. The third-order valence-corrected chi connectivity index (χ3v) is 2.49. The Labute approximate surface area is 73.8 Å². The number of hydrogen-bond acceptors (Lipinski definition) is 1. The largest absolute Gasteiger partial charge is 0.384 e. The molecule has 0 saturated heterocycles. The fraction of sp³-hybridized carbons (Fsp3) is 0.364. The summed E-state index contributed by atoms with van der Waals surface area (Å²) in [4.78, 5) is 0. The van der Waals surface area contributed by atoms with Crippen LogP contribution in [0, 0.1) is 6.92 Å². The van der Waals surface area contributed by atoms with Crippen molar-refractivity contribution in [2.75, 3.05) is 11.9 Å². The fourth-order valence-electron chi connectivity index (χ4n) is 1.86. The van der Waals surface area contributed by atoms with Crippen molar-refractivity contribution in [3.8, 4) is 0 Å². The maximum absolute atomic E-state index is 3.89. The van der Waals surface area contributed by atoms with E-state index in [1.165, 1.54) is 17.7 Å². The summed E-state index contributed by atoms with van der Waals surface area (Å²) < 4.78 is 0. The Morgan fingerprint density at radius 1 is 1.42 bits per heavy atom. The van der Waals surface area contributed by atoms with E-state index in [1.807, 2.05) is 0 Å². The molecule has 0 fully saturated rings. The number of anilines is 1. The maximum atomic E-state index is 3.89. The molecule has 1 radical (unpaired) electrons. The Bertz CT molecular complexity index is 265. The standard InChI is InChI=1S/C11H14N/c1-2-5-9-8-12-11-7-4-3-6-10(9)11/h3-4,6-7,9,12H,1-2,5,8H2. The number of benzene rings is 1. The van der Waals surface area contributed by atoms with Crippen molar-refractivity contribution in [2.45, 2.75) is 18.8 Å². The lowest BCUT2D eigenvalue weighted by molar-refractivity contribution is 0.685. The number of para-hydroxylation sites is 1. The minimum absolute atomic E-state index is 0.693. The first-order chi connectivity index (χ1) is 5.92. The highest BCUT2D eigenvalue weighted by molar-refractivity contribution is 5.57. The molecule has 0 spiro atoms. The lowest BCUT2D eigenvalue weighted by Gasteiger charge is -2.06. The Kier molecular flexibility index (Phi) is 2.03. The van der Waals surface area contributed by atoms with Crippen LogP contribution in [-0.2, 0) is 0 Å². The topological polar surface area (TPSA) is 12.0 Å². The van der Waals surface area contributed by atoms with Gasteiger partial charge in [-0.1, -0.05) is 31.5 Å². The Hall–Kier alpha value is -0.980. The van der Waals surface area contributed by atoms with E-state index in [1.54, 1.807) is 0 Å². The summed E-state index contributed by atoms with van der Waals surface area (Å²) in [5.41, 5.74) is 2.79. The van der Waals surface area contributed by atoms with Gasteiger partial charge in [-0.2, -0.15) is 0 Å². The van der Waals surface area contributed by atoms with Gasteiger partial charge in [-0.15, -0.1) is 0 Å². The van der Waals surface area contributed by atoms with Gasteiger partial charge in [0.1, 0.15) is 0 Å². The third-order valence-electron chi connectivity index (χ3n) is 2.49. The van der Waals surface area contributed by atoms with Crippen LogP contribution in [0.1, 0.15) is 24.3 Å². The van der Waals surface area contributed by atoms with Crippen LogP contribution in [-0.4, -0.2) is 6.54 Å². The lowest BCUT2D eigenvalue weighted by atomic mass is 9.97. The zero-order valence-corrected chi connectivity index (χ0v) is 7.22. The van der Waals surface area contributed by atoms with Gasteiger partial charge in [-0.05, 0) is 18.1 Å². The van der Waals surface area contributed by atoms with Gasteiger partial charge in [-0.25, -0.2) is 0 Å². The summed E-state index contributed by atoms with van der Waals surface area (Å²) in [6.45, 7) is 4.99. The minimum atomic E-state index is 0.693. The highest BCUT2D eigenvalue weighted by Gasteiger charge is 2.19. The van der Waals surface area contributed by atoms with Gasteiger partial charge in [0.05, 0.1) is 0 Å². The summed E-state index contributed by atoms with van der Waals surface area (Å²) in [5.74, 6) is 0.693. The quantitative estimate of drug-likeness (QED) is 0.701. The van der Waals surface area contributed by atoms with E-state index in [0.29, 0.717) is 5.92 Å². The van der Waals surface area contributed by atoms with Crippen molar-refractivity contribution in [2.24, 2.45) is 0 Å². The van der Waals surface area contributed by atoms with Gasteiger partial charge in [0, 0.05) is 18.2 Å². The van der Waals surface area contributed by atoms with Crippen LogP contribution >= 0.6 is 0 Å². The predicted molar refractivity (Wildman–Crippen MR) is 52.3 cm³/mol. The van der Waals surface area contributed by atoms with Gasteiger partial charge in [0.15, 0.2) is 0 Å². The average Bonchev–Trinajstić information content (AvgIpc) is 2.50. The molecular weight excluding hydrogens is 146 g/mol. The molecule has 63 valence electrons. The Morgan fingerprint density at radius 3 is 3.08 bits per heavy atom. The van der Waals surface area contributed by atoms with Crippen molar-refractivity contribution in [1.29, 1.82) is 0 Å². The summed E-state index contributed by atoms with van der Waals surface area (Å²) in [6, 6.07) is 8.56. The minimum Gasteiger partial charge on any atom is -0.384 e. The molecule has 1 nitrogen and oxygen atoms in total. The van der Waals surface area contributed by atoms with Crippen LogP contribution in [0.3, 0.4) is 0 Å². The maximum Gasteiger partial charge on any atom is 0.0376 e. The van der Waals surface area contributed by atoms with Gasteiger partial charge >= 0.3 is 0 Å². The monoisotopic (exact) mass is 160 g/mol. The van der Waals surface area contributed by atoms with Gasteiger partial charge in [0.25, 0.3) is 0 Å². The lowest BCUT2D eigenvalue weighted by Crippen LogP contribution is -2.00. The predicted octanol–water partition coefficient (Wildman–Crippen LogP) is 2.81.